The normalized spacial score (nSPS) is 15.9. The van der Waals surface area contributed by atoms with Gasteiger partial charge < -0.3 is 19.7 Å². The van der Waals surface area contributed by atoms with Crippen molar-refractivity contribution in [3.05, 3.63) is 0 Å². The lowest BCUT2D eigenvalue weighted by Crippen LogP contribution is -2.44. The first-order valence-corrected chi connectivity index (χ1v) is 9.05. The van der Waals surface area contributed by atoms with E-state index in [1.807, 2.05) is 33.9 Å². The van der Waals surface area contributed by atoms with Crippen LogP contribution in [0.4, 0.5) is 0 Å². The van der Waals surface area contributed by atoms with Gasteiger partial charge in [-0.15, -0.1) is 0 Å². The molecule has 0 bridgehead atoms. The summed E-state index contributed by atoms with van der Waals surface area (Å²) in [6.07, 6.45) is -3.80. The van der Waals surface area contributed by atoms with Crippen LogP contribution in [0.2, 0.25) is 18.1 Å². The lowest BCUT2D eigenvalue weighted by molar-refractivity contribution is -0.150. The van der Waals surface area contributed by atoms with Gasteiger partial charge in [0.25, 0.3) is 0 Å². The molecule has 0 saturated carbocycles. The van der Waals surface area contributed by atoms with E-state index < -0.39 is 38.7 Å². The molecule has 0 aliphatic carbocycles. The molecule has 6 nitrogen and oxygen atoms in total. The predicted molar refractivity (Wildman–Crippen MR) is 72.4 cm³/mol. The van der Waals surface area contributed by atoms with Crippen molar-refractivity contribution < 1.29 is 29.3 Å². The van der Waals surface area contributed by atoms with Gasteiger partial charge in [0.05, 0.1) is 6.61 Å². The highest BCUT2D eigenvalue weighted by Gasteiger charge is 2.38. The van der Waals surface area contributed by atoms with Crippen molar-refractivity contribution in [1.29, 1.82) is 0 Å². The fourth-order valence-corrected chi connectivity index (χ4v) is 2.02. The largest absolute Gasteiger partial charge is 0.479 e. The van der Waals surface area contributed by atoms with Crippen molar-refractivity contribution in [1.82, 2.24) is 0 Å². The highest BCUT2D eigenvalue weighted by molar-refractivity contribution is 6.74. The Labute approximate surface area is 114 Å². The highest BCUT2D eigenvalue weighted by Crippen LogP contribution is 2.36. The van der Waals surface area contributed by atoms with Gasteiger partial charge in [-0.3, -0.25) is 4.79 Å². The minimum Gasteiger partial charge on any atom is -0.479 e. The van der Waals surface area contributed by atoms with E-state index in [2.05, 4.69) is 0 Å². The molecule has 2 unspecified atom stereocenters. The molecular formula is C12H24O6Si. The first kappa shape index (κ1) is 18.2. The Morgan fingerprint density at radius 1 is 1.16 bits per heavy atom. The third-order valence-electron chi connectivity index (χ3n) is 3.46. The van der Waals surface area contributed by atoms with Crippen molar-refractivity contribution in [3.63, 3.8) is 0 Å². The van der Waals surface area contributed by atoms with Crippen LogP contribution in [0.1, 0.15) is 27.2 Å². The van der Waals surface area contributed by atoms with Crippen molar-refractivity contribution in [3.8, 4) is 0 Å². The number of aliphatic carboxylic acids is 1. The zero-order valence-corrected chi connectivity index (χ0v) is 13.1. The SMILES string of the molecule is CC(C)(C)[Si](C)(C)OCC(O)C(=O)CC(O)C(=O)O. The molecule has 0 radical (unpaired) electrons. The molecule has 0 aromatic heterocycles. The number of aliphatic hydroxyl groups is 2. The number of carboxylic acids is 1. The molecule has 0 aromatic rings. The fraction of sp³-hybridized carbons (Fsp3) is 0.833. The van der Waals surface area contributed by atoms with Gasteiger partial charge in [-0.05, 0) is 18.1 Å². The van der Waals surface area contributed by atoms with Crippen LogP contribution in [0.25, 0.3) is 0 Å². The first-order chi connectivity index (χ1) is 8.38. The van der Waals surface area contributed by atoms with Crippen LogP contribution < -0.4 is 0 Å². The van der Waals surface area contributed by atoms with E-state index >= 15 is 0 Å². The summed E-state index contributed by atoms with van der Waals surface area (Å²) in [7, 11) is -2.07. The summed E-state index contributed by atoms with van der Waals surface area (Å²) in [5, 5.41) is 27.1. The number of hydrogen-bond donors (Lipinski definition) is 3. The molecule has 7 heteroatoms. The Kier molecular flexibility index (Phi) is 6.34. The van der Waals surface area contributed by atoms with Gasteiger partial charge in [-0.1, -0.05) is 20.8 Å². The van der Waals surface area contributed by atoms with Gasteiger partial charge in [0.2, 0.25) is 0 Å². The molecule has 0 fully saturated rings. The van der Waals surface area contributed by atoms with Crippen molar-refractivity contribution >= 4 is 20.1 Å². The van der Waals surface area contributed by atoms with E-state index in [1.165, 1.54) is 0 Å². The molecular weight excluding hydrogens is 268 g/mol. The molecule has 0 heterocycles. The molecule has 112 valence electrons. The third kappa shape index (κ3) is 5.81. The maximum atomic E-state index is 11.5. The van der Waals surface area contributed by atoms with Crippen molar-refractivity contribution in [2.24, 2.45) is 0 Å². The van der Waals surface area contributed by atoms with Gasteiger partial charge >= 0.3 is 5.97 Å². The van der Waals surface area contributed by atoms with Crippen LogP contribution in [0.5, 0.6) is 0 Å². The molecule has 3 N–H and O–H groups in total. The smallest absolute Gasteiger partial charge is 0.332 e. The second-order valence-corrected chi connectivity index (χ2v) is 10.9. The zero-order valence-electron chi connectivity index (χ0n) is 12.1. The first-order valence-electron chi connectivity index (χ1n) is 6.14. The molecule has 0 aliphatic rings. The van der Waals surface area contributed by atoms with Gasteiger partial charge in [0.15, 0.2) is 20.2 Å². The third-order valence-corrected chi connectivity index (χ3v) is 7.96. The molecule has 0 aromatic carbocycles. The number of hydrogen-bond acceptors (Lipinski definition) is 5. The number of ketones is 1. The topological polar surface area (TPSA) is 104 Å². The standard InChI is InChI=1S/C12H24O6Si/c1-12(2,3)19(4,5)18-7-10(15)8(13)6-9(14)11(16)17/h9-10,14-15H,6-7H2,1-5H3,(H,16,17). The monoisotopic (exact) mass is 292 g/mol. The highest BCUT2D eigenvalue weighted by atomic mass is 28.4. The van der Waals surface area contributed by atoms with Gasteiger partial charge in [0, 0.05) is 6.42 Å². The van der Waals surface area contributed by atoms with Gasteiger partial charge in [-0.25, -0.2) is 4.79 Å². The molecule has 0 spiro atoms. The van der Waals surface area contributed by atoms with Crippen LogP contribution in [0.15, 0.2) is 0 Å². The maximum absolute atomic E-state index is 11.5. The average Bonchev–Trinajstić information content (AvgIpc) is 2.23. The minimum absolute atomic E-state index is 0.0453. The van der Waals surface area contributed by atoms with E-state index in [1.54, 1.807) is 0 Å². The van der Waals surface area contributed by atoms with E-state index in [4.69, 9.17) is 14.6 Å². The average molecular weight is 292 g/mol. The molecule has 0 rings (SSSR count). The van der Waals surface area contributed by atoms with Gasteiger partial charge in [-0.2, -0.15) is 0 Å². The van der Waals surface area contributed by atoms with Crippen LogP contribution in [0, 0.1) is 0 Å². The van der Waals surface area contributed by atoms with E-state index in [0.29, 0.717) is 0 Å². The molecule has 0 saturated heterocycles. The van der Waals surface area contributed by atoms with Crippen LogP contribution >= 0.6 is 0 Å². The second-order valence-electron chi connectivity index (χ2n) is 6.11. The lowest BCUT2D eigenvalue weighted by atomic mass is 10.1. The van der Waals surface area contributed by atoms with Crippen LogP contribution in [-0.2, 0) is 14.0 Å². The molecule has 2 atom stereocenters. The Hall–Kier alpha value is -0.763. The minimum atomic E-state index is -2.07. The summed E-state index contributed by atoms with van der Waals surface area (Å²) in [4.78, 5) is 21.9. The molecule has 0 amide bonds. The number of carbonyl (C=O) groups excluding carboxylic acids is 1. The number of carboxylic acid groups (broad SMARTS) is 1. The van der Waals surface area contributed by atoms with E-state index in [9.17, 15) is 14.7 Å². The summed E-state index contributed by atoms with van der Waals surface area (Å²) in [5.74, 6) is -2.21. The van der Waals surface area contributed by atoms with E-state index in [-0.39, 0.29) is 11.6 Å². The quantitative estimate of drug-likeness (QED) is 0.599. The molecule has 0 aliphatic heterocycles. The summed E-state index contributed by atoms with van der Waals surface area (Å²) in [6.45, 7) is 9.89. The van der Waals surface area contributed by atoms with Crippen molar-refractivity contribution in [2.45, 2.75) is 57.5 Å². The van der Waals surface area contributed by atoms with Crippen LogP contribution in [0.3, 0.4) is 0 Å². The van der Waals surface area contributed by atoms with Crippen molar-refractivity contribution in [2.75, 3.05) is 6.61 Å². The summed E-state index contributed by atoms with van der Waals surface area (Å²) in [5.41, 5.74) is 0. The second kappa shape index (κ2) is 6.60. The summed E-state index contributed by atoms with van der Waals surface area (Å²) < 4.78 is 5.66. The number of Topliss-reactive ketones (excluding diaryl/α,β-unsaturated/α-hetero) is 1. The summed E-state index contributed by atoms with van der Waals surface area (Å²) >= 11 is 0. The van der Waals surface area contributed by atoms with Gasteiger partial charge in [0.1, 0.15) is 6.10 Å². The maximum Gasteiger partial charge on any atom is 0.332 e. The Bertz CT molecular complexity index is 334. The molecule has 19 heavy (non-hydrogen) atoms. The van der Waals surface area contributed by atoms with Crippen LogP contribution in [-0.4, -0.2) is 54.2 Å². The number of carbonyl (C=O) groups is 2. The number of rotatable bonds is 7. The van der Waals surface area contributed by atoms with E-state index in [0.717, 1.165) is 0 Å². The fourth-order valence-electron chi connectivity index (χ4n) is 1.01. The number of aliphatic hydroxyl groups excluding tert-OH is 2. The Morgan fingerprint density at radius 3 is 2.00 bits per heavy atom. The zero-order chi connectivity index (χ0) is 15.4. The summed E-state index contributed by atoms with van der Waals surface area (Å²) in [6, 6.07) is 0. The lowest BCUT2D eigenvalue weighted by Gasteiger charge is -2.36. The Balaban J connectivity index is 4.36. The Morgan fingerprint density at radius 2 is 1.63 bits per heavy atom. The predicted octanol–water partition coefficient (Wildman–Crippen LogP) is 0.774.